The van der Waals surface area contributed by atoms with Crippen molar-refractivity contribution in [2.45, 2.75) is 18.9 Å². The fourth-order valence-corrected chi connectivity index (χ4v) is 3.91. The number of carbonyl (C=O) groups is 3. The summed E-state index contributed by atoms with van der Waals surface area (Å²) in [4.78, 5) is 41.3. The molecule has 0 atom stereocenters. The van der Waals surface area contributed by atoms with Gasteiger partial charge in [0, 0.05) is 43.5 Å². The monoisotopic (exact) mass is 412 g/mol. The number of carbonyl (C=O) groups excluding carboxylic acids is 3. The molecule has 0 spiro atoms. The molecule has 0 bridgehead atoms. The lowest BCUT2D eigenvalue weighted by molar-refractivity contribution is -0.122. The predicted octanol–water partition coefficient (Wildman–Crippen LogP) is 2.04. The largest absolute Gasteiger partial charge is 0.352 e. The van der Waals surface area contributed by atoms with E-state index in [2.05, 4.69) is 15.5 Å². The van der Waals surface area contributed by atoms with E-state index in [1.54, 1.807) is 30.3 Å². The minimum Gasteiger partial charge on any atom is -0.352 e. The molecule has 2 aromatic rings. The van der Waals surface area contributed by atoms with Gasteiger partial charge in [0.2, 0.25) is 5.91 Å². The second kappa shape index (κ2) is 8.75. The second-order valence-corrected chi connectivity index (χ2v) is 8.37. The van der Waals surface area contributed by atoms with Gasteiger partial charge in [0.1, 0.15) is 0 Å². The lowest BCUT2D eigenvalue weighted by Crippen LogP contribution is -2.51. The average molecular weight is 413 g/mol. The van der Waals surface area contributed by atoms with Gasteiger partial charge in [0.15, 0.2) is 0 Å². The molecule has 4 rings (SSSR count). The predicted molar refractivity (Wildman–Crippen MR) is 112 cm³/mol. The van der Waals surface area contributed by atoms with E-state index in [4.69, 9.17) is 0 Å². The topological polar surface area (TPSA) is 81.8 Å². The van der Waals surface area contributed by atoms with Crippen molar-refractivity contribution in [3.8, 4) is 0 Å². The molecule has 0 unspecified atom stereocenters. The van der Waals surface area contributed by atoms with E-state index in [-0.39, 0.29) is 17.7 Å². The number of amides is 3. The molecule has 7 nitrogen and oxygen atoms in total. The first-order valence-electron chi connectivity index (χ1n) is 9.84. The maximum absolute atomic E-state index is 12.7. The Morgan fingerprint density at radius 3 is 2.34 bits per heavy atom. The molecule has 1 aliphatic heterocycles. The highest BCUT2D eigenvalue weighted by Gasteiger charge is 2.26. The van der Waals surface area contributed by atoms with Crippen molar-refractivity contribution >= 4 is 34.7 Å². The zero-order chi connectivity index (χ0) is 20.2. The first-order chi connectivity index (χ1) is 14.1. The third-order valence-corrected chi connectivity index (χ3v) is 5.97. The Morgan fingerprint density at radius 2 is 1.72 bits per heavy atom. The summed E-state index contributed by atoms with van der Waals surface area (Å²) in [6.45, 7) is 2.99. The van der Waals surface area contributed by atoms with Crippen molar-refractivity contribution in [3.63, 3.8) is 0 Å². The van der Waals surface area contributed by atoms with Crippen molar-refractivity contribution in [1.29, 1.82) is 0 Å². The highest BCUT2D eigenvalue weighted by molar-refractivity contribution is 7.12. The van der Waals surface area contributed by atoms with E-state index in [1.807, 2.05) is 16.3 Å². The molecular formula is C21H24N4O3S. The number of nitrogens with one attached hydrogen (secondary N) is 2. The number of thiophene rings is 1. The van der Waals surface area contributed by atoms with Gasteiger partial charge >= 0.3 is 0 Å². The molecule has 3 amide bonds. The van der Waals surface area contributed by atoms with Gasteiger partial charge in [-0.1, -0.05) is 6.07 Å². The lowest BCUT2D eigenvalue weighted by atomic mass is 10.1. The number of hydrogen-bond donors (Lipinski definition) is 2. The Labute approximate surface area is 173 Å². The van der Waals surface area contributed by atoms with Gasteiger partial charge in [-0.2, -0.15) is 0 Å². The van der Waals surface area contributed by atoms with Crippen LogP contribution in [0, 0.1) is 0 Å². The Balaban J connectivity index is 1.26. The number of rotatable bonds is 6. The standard InChI is InChI=1S/C21H24N4O3S/c26-19(22-16-7-8-16)14-24-9-11-25(12-10-24)21(28)15-3-5-17(6-4-15)23-20(27)18-2-1-13-29-18/h1-6,13,16H,7-12,14H2,(H,22,26)(H,23,27). The van der Waals surface area contributed by atoms with E-state index < -0.39 is 0 Å². The summed E-state index contributed by atoms with van der Waals surface area (Å²) < 4.78 is 0. The normalized spacial score (nSPS) is 17.0. The molecule has 0 radical (unpaired) electrons. The van der Waals surface area contributed by atoms with E-state index in [1.165, 1.54) is 11.3 Å². The van der Waals surface area contributed by atoms with Crippen molar-refractivity contribution < 1.29 is 14.4 Å². The number of benzene rings is 1. The third kappa shape index (κ3) is 5.21. The molecule has 2 N–H and O–H groups in total. The molecular weight excluding hydrogens is 388 g/mol. The fraction of sp³-hybridized carbons (Fsp3) is 0.381. The number of piperazine rings is 1. The third-order valence-electron chi connectivity index (χ3n) is 5.10. The smallest absolute Gasteiger partial charge is 0.265 e. The van der Waals surface area contributed by atoms with Crippen LogP contribution in [-0.2, 0) is 4.79 Å². The van der Waals surface area contributed by atoms with Gasteiger partial charge in [-0.25, -0.2) is 0 Å². The molecule has 8 heteroatoms. The van der Waals surface area contributed by atoms with E-state index in [9.17, 15) is 14.4 Å². The minimum absolute atomic E-state index is 0.0248. The number of anilines is 1. The summed E-state index contributed by atoms with van der Waals surface area (Å²) in [7, 11) is 0. The molecule has 152 valence electrons. The van der Waals surface area contributed by atoms with Crippen LogP contribution < -0.4 is 10.6 Å². The molecule has 1 aromatic heterocycles. The highest BCUT2D eigenvalue weighted by Crippen LogP contribution is 2.19. The van der Waals surface area contributed by atoms with Crippen LogP contribution in [0.25, 0.3) is 0 Å². The van der Waals surface area contributed by atoms with Crippen molar-refractivity contribution in [1.82, 2.24) is 15.1 Å². The Hall–Kier alpha value is -2.71. The van der Waals surface area contributed by atoms with Crippen LogP contribution in [0.5, 0.6) is 0 Å². The Kier molecular flexibility index (Phi) is 5.92. The van der Waals surface area contributed by atoms with Crippen LogP contribution in [0.15, 0.2) is 41.8 Å². The number of hydrogen-bond acceptors (Lipinski definition) is 5. The summed E-state index contributed by atoms with van der Waals surface area (Å²) in [5, 5.41) is 7.69. The summed E-state index contributed by atoms with van der Waals surface area (Å²) >= 11 is 1.38. The Bertz CT molecular complexity index is 870. The first kappa shape index (κ1) is 19.6. The van der Waals surface area contributed by atoms with Crippen LogP contribution in [0.3, 0.4) is 0 Å². The zero-order valence-corrected chi connectivity index (χ0v) is 16.9. The first-order valence-corrected chi connectivity index (χ1v) is 10.7. The summed E-state index contributed by atoms with van der Waals surface area (Å²) in [5.41, 5.74) is 1.26. The maximum Gasteiger partial charge on any atom is 0.265 e. The highest BCUT2D eigenvalue weighted by atomic mass is 32.1. The van der Waals surface area contributed by atoms with Crippen LogP contribution in [0.1, 0.15) is 32.9 Å². The van der Waals surface area contributed by atoms with Crippen LogP contribution >= 0.6 is 11.3 Å². The van der Waals surface area contributed by atoms with Gasteiger partial charge in [0.25, 0.3) is 11.8 Å². The van der Waals surface area contributed by atoms with Gasteiger partial charge < -0.3 is 15.5 Å². The SMILES string of the molecule is O=C(CN1CCN(C(=O)c2ccc(NC(=O)c3cccs3)cc2)CC1)NC1CC1. The summed E-state index contributed by atoms with van der Waals surface area (Å²) in [5.74, 6) is -0.100. The van der Waals surface area contributed by atoms with Gasteiger partial charge in [-0.05, 0) is 48.6 Å². The molecule has 29 heavy (non-hydrogen) atoms. The van der Waals surface area contributed by atoms with Gasteiger partial charge in [-0.3, -0.25) is 19.3 Å². The average Bonchev–Trinajstić information content (AvgIpc) is 3.36. The zero-order valence-electron chi connectivity index (χ0n) is 16.1. The molecule has 1 saturated carbocycles. The van der Waals surface area contributed by atoms with Crippen LogP contribution in [0.4, 0.5) is 5.69 Å². The molecule has 1 saturated heterocycles. The molecule has 1 aliphatic carbocycles. The quantitative estimate of drug-likeness (QED) is 0.761. The maximum atomic E-state index is 12.7. The lowest BCUT2D eigenvalue weighted by Gasteiger charge is -2.34. The molecule has 2 heterocycles. The van der Waals surface area contributed by atoms with Gasteiger partial charge in [-0.15, -0.1) is 11.3 Å². The summed E-state index contributed by atoms with van der Waals surface area (Å²) in [6, 6.07) is 11.0. The fourth-order valence-electron chi connectivity index (χ4n) is 3.29. The van der Waals surface area contributed by atoms with E-state index in [0.29, 0.717) is 54.9 Å². The molecule has 2 fully saturated rings. The Morgan fingerprint density at radius 1 is 1.00 bits per heavy atom. The minimum atomic E-state index is -0.152. The van der Waals surface area contributed by atoms with Crippen molar-refractivity contribution in [2.75, 3.05) is 38.0 Å². The van der Waals surface area contributed by atoms with Crippen LogP contribution in [0.2, 0.25) is 0 Å². The molecule has 2 aliphatic rings. The molecule has 1 aromatic carbocycles. The van der Waals surface area contributed by atoms with Crippen molar-refractivity contribution in [2.24, 2.45) is 0 Å². The van der Waals surface area contributed by atoms with Gasteiger partial charge in [0.05, 0.1) is 11.4 Å². The van der Waals surface area contributed by atoms with Crippen LogP contribution in [-0.4, -0.2) is 66.3 Å². The van der Waals surface area contributed by atoms with E-state index >= 15 is 0 Å². The second-order valence-electron chi connectivity index (χ2n) is 7.42. The van der Waals surface area contributed by atoms with Crippen molar-refractivity contribution in [3.05, 3.63) is 52.2 Å². The van der Waals surface area contributed by atoms with E-state index in [0.717, 1.165) is 12.8 Å². The summed E-state index contributed by atoms with van der Waals surface area (Å²) in [6.07, 6.45) is 2.18. The number of nitrogens with zero attached hydrogens (tertiary/aromatic N) is 2.